The molecular formula is C33H63O10P. The van der Waals surface area contributed by atoms with Crippen molar-refractivity contribution in [3.8, 4) is 0 Å². The molecule has 0 saturated carbocycles. The van der Waals surface area contributed by atoms with Gasteiger partial charge in [0, 0.05) is 12.8 Å². The number of esters is 2. The molecule has 0 amide bonds. The zero-order valence-corrected chi connectivity index (χ0v) is 28.5. The quantitative estimate of drug-likeness (QED) is 0.0286. The van der Waals surface area contributed by atoms with Gasteiger partial charge in [0.05, 0.1) is 19.8 Å². The van der Waals surface area contributed by atoms with Crippen molar-refractivity contribution in [2.24, 2.45) is 0 Å². The summed E-state index contributed by atoms with van der Waals surface area (Å²) in [6.07, 6.45) is 23.4. The highest BCUT2D eigenvalue weighted by atomic mass is 31.2. The Morgan fingerprint density at radius 3 is 1.70 bits per heavy atom. The van der Waals surface area contributed by atoms with Gasteiger partial charge in [-0.25, -0.2) is 4.57 Å². The van der Waals surface area contributed by atoms with Crippen LogP contribution in [0.2, 0.25) is 0 Å². The van der Waals surface area contributed by atoms with Crippen molar-refractivity contribution in [3.05, 3.63) is 12.2 Å². The van der Waals surface area contributed by atoms with Gasteiger partial charge in [0.15, 0.2) is 6.10 Å². The van der Waals surface area contributed by atoms with E-state index in [9.17, 15) is 24.2 Å². The van der Waals surface area contributed by atoms with E-state index in [-0.39, 0.29) is 19.4 Å². The molecule has 0 aromatic carbocycles. The van der Waals surface area contributed by atoms with Crippen LogP contribution in [0.15, 0.2) is 12.2 Å². The number of unbranched alkanes of at least 4 members (excludes halogenated alkanes) is 16. The van der Waals surface area contributed by atoms with E-state index in [1.54, 1.807) is 0 Å². The van der Waals surface area contributed by atoms with Crippen molar-refractivity contribution in [2.45, 2.75) is 161 Å². The number of hydrogen-bond acceptors (Lipinski definition) is 9. The molecule has 0 aromatic rings. The molecule has 11 heteroatoms. The maximum absolute atomic E-state index is 12.5. The van der Waals surface area contributed by atoms with Gasteiger partial charge in [-0.15, -0.1) is 0 Å². The zero-order valence-electron chi connectivity index (χ0n) is 27.6. The second-order valence-corrected chi connectivity index (χ2v) is 13.0. The molecule has 0 aromatic heterocycles. The van der Waals surface area contributed by atoms with E-state index in [4.69, 9.17) is 19.1 Å². The molecule has 0 fully saturated rings. The van der Waals surface area contributed by atoms with Gasteiger partial charge in [0.1, 0.15) is 12.7 Å². The Kier molecular flexibility index (Phi) is 29.5. The first-order chi connectivity index (χ1) is 21.2. The molecule has 0 rings (SSSR count). The number of phosphoric acid groups is 1. The minimum Gasteiger partial charge on any atom is -0.462 e. The zero-order chi connectivity index (χ0) is 32.7. The fourth-order valence-corrected chi connectivity index (χ4v) is 5.23. The summed E-state index contributed by atoms with van der Waals surface area (Å²) in [7, 11) is -4.60. The number of hydrogen-bond donors (Lipinski definition) is 3. The molecule has 1 unspecified atom stereocenters. The van der Waals surface area contributed by atoms with Crippen LogP contribution >= 0.6 is 7.82 Å². The van der Waals surface area contributed by atoms with Crippen LogP contribution in [0.5, 0.6) is 0 Å². The van der Waals surface area contributed by atoms with E-state index >= 15 is 0 Å². The Labute approximate surface area is 266 Å². The Morgan fingerprint density at radius 2 is 1.14 bits per heavy atom. The molecule has 0 radical (unpaired) electrons. The average molecular weight is 651 g/mol. The molecular weight excluding hydrogens is 587 g/mol. The summed E-state index contributed by atoms with van der Waals surface area (Å²) in [5.74, 6) is -0.937. The summed E-state index contributed by atoms with van der Waals surface area (Å²) in [5.41, 5.74) is 0. The second kappa shape index (κ2) is 30.4. The van der Waals surface area contributed by atoms with E-state index in [1.165, 1.54) is 51.4 Å². The summed E-state index contributed by atoms with van der Waals surface area (Å²) in [4.78, 5) is 34.6. The highest BCUT2D eigenvalue weighted by molar-refractivity contribution is 7.47. The predicted octanol–water partition coefficient (Wildman–Crippen LogP) is 7.72. The minimum atomic E-state index is -4.60. The SMILES string of the molecule is CCCC/C=C/CCCCCCCC(=O)OC[C@H](COP(=O)(O)OC[C@@H](O)CO)OC(=O)CCCCCCCCCCCC. The third-order valence-electron chi connectivity index (χ3n) is 7.17. The molecule has 0 aliphatic carbocycles. The van der Waals surface area contributed by atoms with Crippen LogP contribution in [0.1, 0.15) is 149 Å². The van der Waals surface area contributed by atoms with Crippen molar-refractivity contribution in [1.82, 2.24) is 0 Å². The maximum atomic E-state index is 12.5. The van der Waals surface area contributed by atoms with Crippen molar-refractivity contribution in [1.29, 1.82) is 0 Å². The fourth-order valence-electron chi connectivity index (χ4n) is 4.44. The topological polar surface area (TPSA) is 149 Å². The number of phosphoric ester groups is 1. The van der Waals surface area contributed by atoms with E-state index in [1.807, 2.05) is 0 Å². The van der Waals surface area contributed by atoms with Gasteiger partial charge in [-0.2, -0.15) is 0 Å². The van der Waals surface area contributed by atoms with E-state index in [0.717, 1.165) is 57.8 Å². The van der Waals surface area contributed by atoms with Crippen LogP contribution in [-0.4, -0.2) is 65.7 Å². The average Bonchev–Trinajstić information content (AvgIpc) is 3.00. The largest absolute Gasteiger partial charge is 0.472 e. The lowest BCUT2D eigenvalue weighted by Crippen LogP contribution is -2.29. The monoisotopic (exact) mass is 650 g/mol. The summed E-state index contributed by atoms with van der Waals surface area (Å²) in [6, 6.07) is 0. The maximum Gasteiger partial charge on any atom is 0.472 e. The Morgan fingerprint density at radius 1 is 0.659 bits per heavy atom. The minimum absolute atomic E-state index is 0.186. The molecule has 44 heavy (non-hydrogen) atoms. The first-order valence-electron chi connectivity index (χ1n) is 17.1. The Hall–Kier alpha value is -1.29. The van der Waals surface area contributed by atoms with Gasteiger partial charge in [-0.05, 0) is 32.1 Å². The molecule has 3 N–H and O–H groups in total. The van der Waals surface area contributed by atoms with Crippen LogP contribution in [-0.2, 0) is 32.7 Å². The molecule has 0 bridgehead atoms. The van der Waals surface area contributed by atoms with Crippen molar-refractivity contribution in [2.75, 3.05) is 26.4 Å². The Balaban J connectivity index is 4.44. The molecule has 3 atom stereocenters. The van der Waals surface area contributed by atoms with Crippen LogP contribution in [0, 0.1) is 0 Å². The highest BCUT2D eigenvalue weighted by Gasteiger charge is 2.27. The van der Waals surface area contributed by atoms with Crippen LogP contribution < -0.4 is 0 Å². The third kappa shape index (κ3) is 29.4. The lowest BCUT2D eigenvalue weighted by Gasteiger charge is -2.20. The first-order valence-corrected chi connectivity index (χ1v) is 18.6. The normalized spacial score (nSPS) is 14.4. The second-order valence-electron chi connectivity index (χ2n) is 11.5. The predicted molar refractivity (Wildman–Crippen MR) is 173 cm³/mol. The first kappa shape index (κ1) is 42.7. The summed E-state index contributed by atoms with van der Waals surface area (Å²) < 4.78 is 32.4. The molecule has 0 heterocycles. The van der Waals surface area contributed by atoms with E-state index in [2.05, 4.69) is 30.5 Å². The molecule has 260 valence electrons. The summed E-state index contributed by atoms with van der Waals surface area (Å²) in [6.45, 7) is 2.29. The van der Waals surface area contributed by atoms with Gasteiger partial charge in [0.2, 0.25) is 0 Å². The lowest BCUT2D eigenvalue weighted by atomic mass is 10.1. The molecule has 0 spiro atoms. The van der Waals surface area contributed by atoms with Crippen molar-refractivity contribution < 1.29 is 47.8 Å². The third-order valence-corrected chi connectivity index (χ3v) is 8.12. The van der Waals surface area contributed by atoms with Crippen LogP contribution in [0.3, 0.4) is 0 Å². The van der Waals surface area contributed by atoms with Crippen molar-refractivity contribution in [3.63, 3.8) is 0 Å². The number of ether oxygens (including phenoxy) is 2. The van der Waals surface area contributed by atoms with Gasteiger partial charge in [0.25, 0.3) is 0 Å². The summed E-state index contributed by atoms with van der Waals surface area (Å²) >= 11 is 0. The van der Waals surface area contributed by atoms with E-state index < -0.39 is 51.8 Å². The van der Waals surface area contributed by atoms with Gasteiger partial charge in [-0.1, -0.05) is 116 Å². The summed E-state index contributed by atoms with van der Waals surface area (Å²) in [5, 5.41) is 18.2. The number of allylic oxidation sites excluding steroid dienone is 2. The van der Waals surface area contributed by atoms with Gasteiger partial charge >= 0.3 is 19.8 Å². The van der Waals surface area contributed by atoms with E-state index in [0.29, 0.717) is 12.8 Å². The highest BCUT2D eigenvalue weighted by Crippen LogP contribution is 2.43. The lowest BCUT2D eigenvalue weighted by molar-refractivity contribution is -0.161. The number of carbonyl (C=O) groups is 2. The van der Waals surface area contributed by atoms with Crippen LogP contribution in [0.4, 0.5) is 0 Å². The molecule has 0 saturated heterocycles. The number of aliphatic hydroxyl groups excluding tert-OH is 2. The van der Waals surface area contributed by atoms with Gasteiger partial charge in [-0.3, -0.25) is 18.6 Å². The molecule has 0 aliphatic heterocycles. The van der Waals surface area contributed by atoms with Gasteiger partial charge < -0.3 is 24.6 Å². The Bertz CT molecular complexity index is 761. The van der Waals surface area contributed by atoms with Crippen molar-refractivity contribution >= 4 is 19.8 Å². The molecule has 10 nitrogen and oxygen atoms in total. The van der Waals surface area contributed by atoms with Crippen LogP contribution in [0.25, 0.3) is 0 Å². The fraction of sp³-hybridized carbons (Fsp3) is 0.879. The number of rotatable bonds is 32. The molecule has 0 aliphatic rings. The number of carbonyl (C=O) groups excluding carboxylic acids is 2. The standard InChI is InChI=1S/C33H63O10P/c1-3-5-7-9-11-13-15-17-18-20-22-24-32(36)40-28-31(29-42-44(38,39)41-27-30(35)26-34)43-33(37)25-23-21-19-16-14-12-10-8-6-4-2/h9,11,30-31,34-35H,3-8,10,12-29H2,1-2H3,(H,38,39)/b11-9+/t30-,31+/m0/s1. The smallest absolute Gasteiger partial charge is 0.462 e. The number of aliphatic hydroxyl groups is 2.